The Bertz CT molecular complexity index is 286. The summed E-state index contributed by atoms with van der Waals surface area (Å²) in [5.41, 5.74) is 0. The molecule has 0 aliphatic carbocycles. The van der Waals surface area contributed by atoms with Crippen molar-refractivity contribution in [2.75, 3.05) is 6.54 Å². The highest BCUT2D eigenvalue weighted by molar-refractivity contribution is 6.06. The zero-order valence-corrected chi connectivity index (χ0v) is 8.53. The molecule has 1 rings (SSSR count). The van der Waals surface area contributed by atoms with Crippen molar-refractivity contribution in [3.8, 4) is 0 Å². The Kier molecular flexibility index (Phi) is 2.88. The summed E-state index contributed by atoms with van der Waals surface area (Å²) in [7, 11) is 0. The van der Waals surface area contributed by atoms with E-state index in [-0.39, 0.29) is 24.2 Å². The molecule has 1 unspecified atom stereocenters. The minimum atomic E-state index is -0.484. The van der Waals surface area contributed by atoms with Gasteiger partial charge in [0.25, 0.3) is 5.91 Å². The van der Waals surface area contributed by atoms with Crippen LogP contribution in [0.5, 0.6) is 0 Å². The van der Waals surface area contributed by atoms with E-state index < -0.39 is 12.1 Å². The molecule has 5 nitrogen and oxygen atoms in total. The number of imide groups is 1. The third kappa shape index (κ3) is 1.92. The van der Waals surface area contributed by atoms with Gasteiger partial charge in [-0.3, -0.25) is 14.5 Å². The van der Waals surface area contributed by atoms with E-state index in [4.69, 9.17) is 0 Å². The van der Waals surface area contributed by atoms with Crippen molar-refractivity contribution in [2.45, 2.75) is 26.8 Å². The van der Waals surface area contributed by atoms with E-state index in [0.29, 0.717) is 0 Å². The van der Waals surface area contributed by atoms with Crippen LogP contribution in [-0.4, -0.2) is 35.2 Å². The monoisotopic (exact) mass is 198 g/mol. The van der Waals surface area contributed by atoms with Crippen LogP contribution in [0.25, 0.3) is 0 Å². The lowest BCUT2D eigenvalue weighted by Crippen LogP contribution is -2.36. The molecule has 78 valence electrons. The van der Waals surface area contributed by atoms with Crippen molar-refractivity contribution >= 4 is 17.7 Å². The largest absolute Gasteiger partial charge is 0.326 e. The van der Waals surface area contributed by atoms with Crippen LogP contribution >= 0.6 is 0 Å². The maximum absolute atomic E-state index is 11.6. The summed E-state index contributed by atoms with van der Waals surface area (Å²) < 4.78 is 0. The maximum Gasteiger partial charge on any atom is 0.325 e. The van der Waals surface area contributed by atoms with Crippen LogP contribution in [0.2, 0.25) is 0 Å². The first kappa shape index (κ1) is 10.7. The van der Waals surface area contributed by atoms with Gasteiger partial charge in [-0.15, -0.1) is 0 Å². The Balaban J connectivity index is 2.75. The van der Waals surface area contributed by atoms with E-state index in [9.17, 15) is 14.4 Å². The molecule has 0 spiro atoms. The number of urea groups is 1. The summed E-state index contributed by atoms with van der Waals surface area (Å²) in [6, 6.07) is -0.953. The summed E-state index contributed by atoms with van der Waals surface area (Å²) in [4.78, 5) is 34.6. The normalized spacial score (nSPS) is 21.7. The fraction of sp³-hybridized carbons (Fsp3) is 0.667. The first-order valence-electron chi connectivity index (χ1n) is 4.54. The number of hydrogen-bond acceptors (Lipinski definition) is 3. The quantitative estimate of drug-likeness (QED) is 0.656. The van der Waals surface area contributed by atoms with Crippen LogP contribution in [0.15, 0.2) is 0 Å². The zero-order chi connectivity index (χ0) is 10.9. The third-order valence-corrected chi connectivity index (χ3v) is 2.10. The van der Waals surface area contributed by atoms with Gasteiger partial charge in [0.15, 0.2) is 0 Å². The summed E-state index contributed by atoms with van der Waals surface area (Å²) in [5.74, 6) is -0.457. The fourth-order valence-corrected chi connectivity index (χ4v) is 1.36. The van der Waals surface area contributed by atoms with Crippen molar-refractivity contribution < 1.29 is 14.4 Å². The van der Waals surface area contributed by atoms with E-state index in [2.05, 4.69) is 5.32 Å². The lowest BCUT2D eigenvalue weighted by molar-refractivity contribution is -0.131. The predicted octanol–water partition coefficient (Wildman–Crippen LogP) is 0.152. The Morgan fingerprint density at radius 1 is 1.50 bits per heavy atom. The van der Waals surface area contributed by atoms with Gasteiger partial charge >= 0.3 is 6.03 Å². The molecule has 1 aliphatic heterocycles. The molecule has 14 heavy (non-hydrogen) atoms. The molecule has 1 atom stereocenters. The first-order valence-corrected chi connectivity index (χ1v) is 4.54. The lowest BCUT2D eigenvalue weighted by atomic mass is 10.1. The van der Waals surface area contributed by atoms with Gasteiger partial charge in [-0.2, -0.15) is 0 Å². The second-order valence-corrected chi connectivity index (χ2v) is 3.80. The van der Waals surface area contributed by atoms with E-state index in [1.165, 1.54) is 6.92 Å². The van der Waals surface area contributed by atoms with Crippen LogP contribution in [0.1, 0.15) is 20.8 Å². The highest BCUT2D eigenvalue weighted by atomic mass is 16.2. The molecule has 0 aromatic heterocycles. The number of rotatable bonds is 3. The molecule has 0 aromatic carbocycles. The third-order valence-electron chi connectivity index (χ3n) is 2.10. The average Bonchev–Trinajstić information content (AvgIpc) is 2.31. The van der Waals surface area contributed by atoms with Crippen molar-refractivity contribution in [1.82, 2.24) is 10.2 Å². The van der Waals surface area contributed by atoms with Gasteiger partial charge in [-0.1, -0.05) is 13.8 Å². The zero-order valence-electron chi connectivity index (χ0n) is 8.53. The molecule has 5 heteroatoms. The molecular formula is C9H14N2O3. The smallest absolute Gasteiger partial charge is 0.325 e. The highest BCUT2D eigenvalue weighted by Gasteiger charge is 2.39. The van der Waals surface area contributed by atoms with Crippen LogP contribution in [0, 0.1) is 5.92 Å². The summed E-state index contributed by atoms with van der Waals surface area (Å²) in [5, 5.41) is 2.54. The minimum Gasteiger partial charge on any atom is -0.326 e. The molecule has 0 bridgehead atoms. The Morgan fingerprint density at radius 3 is 2.43 bits per heavy atom. The molecule has 1 saturated heterocycles. The maximum atomic E-state index is 11.6. The van der Waals surface area contributed by atoms with Gasteiger partial charge in [0.05, 0.1) is 6.54 Å². The molecule has 1 heterocycles. The van der Waals surface area contributed by atoms with Gasteiger partial charge < -0.3 is 5.32 Å². The van der Waals surface area contributed by atoms with Crippen LogP contribution in [-0.2, 0) is 9.59 Å². The van der Waals surface area contributed by atoms with E-state index in [0.717, 1.165) is 4.90 Å². The molecular weight excluding hydrogens is 184 g/mol. The van der Waals surface area contributed by atoms with Gasteiger partial charge in [0.1, 0.15) is 11.8 Å². The summed E-state index contributed by atoms with van der Waals surface area (Å²) in [6.07, 6.45) is 0. The summed E-state index contributed by atoms with van der Waals surface area (Å²) >= 11 is 0. The average molecular weight is 198 g/mol. The van der Waals surface area contributed by atoms with Gasteiger partial charge in [-0.05, 0) is 12.8 Å². The Labute approximate surface area is 82.4 Å². The molecule has 3 amide bonds. The number of nitrogens with one attached hydrogen (secondary N) is 1. The molecule has 0 radical (unpaired) electrons. The van der Waals surface area contributed by atoms with E-state index >= 15 is 0 Å². The number of hydrogen-bond donors (Lipinski definition) is 1. The number of nitrogens with zero attached hydrogens (tertiary/aromatic N) is 1. The van der Waals surface area contributed by atoms with Crippen molar-refractivity contribution in [1.29, 1.82) is 0 Å². The SMILES string of the molecule is CC(=O)CN1C(=O)NC(C(C)C)C1=O. The second-order valence-electron chi connectivity index (χ2n) is 3.80. The topological polar surface area (TPSA) is 66.5 Å². The number of carbonyl (C=O) groups is 3. The predicted molar refractivity (Wildman–Crippen MR) is 49.6 cm³/mol. The molecule has 0 aromatic rings. The molecule has 0 saturated carbocycles. The Morgan fingerprint density at radius 2 is 2.07 bits per heavy atom. The van der Waals surface area contributed by atoms with Gasteiger partial charge in [-0.25, -0.2) is 4.79 Å². The molecule has 1 N–H and O–H groups in total. The van der Waals surface area contributed by atoms with E-state index in [1.54, 1.807) is 0 Å². The minimum absolute atomic E-state index is 0.0448. The number of Topliss-reactive ketones (excluding diaryl/α,β-unsaturated/α-hetero) is 1. The summed E-state index contributed by atoms with van der Waals surface area (Å²) in [6.45, 7) is 4.91. The molecule has 1 fully saturated rings. The van der Waals surface area contributed by atoms with E-state index in [1.807, 2.05) is 13.8 Å². The van der Waals surface area contributed by atoms with Crippen molar-refractivity contribution in [3.05, 3.63) is 0 Å². The first-order chi connectivity index (χ1) is 6.43. The lowest BCUT2D eigenvalue weighted by Gasteiger charge is -2.12. The van der Waals surface area contributed by atoms with Crippen molar-refractivity contribution in [2.24, 2.45) is 5.92 Å². The number of ketones is 1. The second kappa shape index (κ2) is 3.77. The van der Waals surface area contributed by atoms with Crippen LogP contribution < -0.4 is 5.32 Å². The highest BCUT2D eigenvalue weighted by Crippen LogP contribution is 2.13. The van der Waals surface area contributed by atoms with Gasteiger partial charge in [0.2, 0.25) is 0 Å². The number of amides is 3. The van der Waals surface area contributed by atoms with Crippen LogP contribution in [0.4, 0.5) is 4.79 Å². The van der Waals surface area contributed by atoms with Crippen LogP contribution in [0.3, 0.4) is 0 Å². The Hall–Kier alpha value is -1.39. The molecule has 1 aliphatic rings. The standard InChI is InChI=1S/C9H14N2O3/c1-5(2)7-8(13)11(4-6(3)12)9(14)10-7/h5,7H,4H2,1-3H3,(H,10,14). The number of carbonyl (C=O) groups excluding carboxylic acids is 3. The van der Waals surface area contributed by atoms with Crippen molar-refractivity contribution in [3.63, 3.8) is 0 Å². The van der Waals surface area contributed by atoms with Gasteiger partial charge in [0, 0.05) is 0 Å². The fourth-order valence-electron chi connectivity index (χ4n) is 1.36.